The third-order valence-corrected chi connectivity index (χ3v) is 3.56. The number of carbonyl (C=O) groups is 2. The van der Waals surface area contributed by atoms with Crippen LogP contribution in [0.2, 0.25) is 0 Å². The average Bonchev–Trinajstić information content (AvgIpc) is 2.67. The van der Waals surface area contributed by atoms with Gasteiger partial charge in [0.25, 0.3) is 5.91 Å². The summed E-state index contributed by atoms with van der Waals surface area (Å²) >= 11 is 0. The van der Waals surface area contributed by atoms with Gasteiger partial charge in [-0.3, -0.25) is 9.59 Å². The smallest absolute Gasteiger partial charge is 0.251 e. The first-order valence-corrected chi connectivity index (χ1v) is 7.91. The molecule has 0 saturated heterocycles. The minimum Gasteiger partial charge on any atom is -0.493 e. The quantitative estimate of drug-likeness (QED) is 0.549. The van der Waals surface area contributed by atoms with Crippen molar-refractivity contribution in [3.05, 3.63) is 17.7 Å². The van der Waals surface area contributed by atoms with Gasteiger partial charge in [-0.25, -0.2) is 0 Å². The number of amides is 2. The van der Waals surface area contributed by atoms with E-state index in [-0.39, 0.29) is 31.3 Å². The summed E-state index contributed by atoms with van der Waals surface area (Å²) in [5.74, 6) is 0.564. The Hall–Kier alpha value is -2.52. The number of hydrogen-bond donors (Lipinski definition) is 2. The van der Waals surface area contributed by atoms with E-state index in [0.29, 0.717) is 22.8 Å². The molecule has 1 rings (SSSR count). The molecular formula is C17H26N2O7. The molecule has 0 unspecified atom stereocenters. The molecule has 0 saturated carbocycles. The van der Waals surface area contributed by atoms with E-state index in [1.54, 1.807) is 12.1 Å². The molecule has 0 spiro atoms. The lowest BCUT2D eigenvalue weighted by molar-refractivity contribution is -0.127. The molecular weight excluding hydrogens is 344 g/mol. The molecule has 0 fully saturated rings. The minimum absolute atomic E-state index is 0.121. The van der Waals surface area contributed by atoms with E-state index in [1.807, 2.05) is 0 Å². The molecule has 0 aliphatic rings. The van der Waals surface area contributed by atoms with Gasteiger partial charge in [0.05, 0.1) is 27.9 Å². The summed E-state index contributed by atoms with van der Waals surface area (Å²) in [5, 5.41) is 5.32. The SMILES string of the molecule is COc1cc(C(=O)NCCC(=O)NCC(OC)OC)cc(OC)c1OC. The molecule has 0 heterocycles. The van der Waals surface area contributed by atoms with E-state index in [4.69, 9.17) is 23.7 Å². The van der Waals surface area contributed by atoms with E-state index < -0.39 is 6.29 Å². The molecule has 0 aliphatic heterocycles. The highest BCUT2D eigenvalue weighted by Crippen LogP contribution is 2.38. The van der Waals surface area contributed by atoms with Crippen molar-refractivity contribution >= 4 is 11.8 Å². The molecule has 9 heteroatoms. The highest BCUT2D eigenvalue weighted by Gasteiger charge is 2.17. The van der Waals surface area contributed by atoms with Crippen LogP contribution in [0.4, 0.5) is 0 Å². The van der Waals surface area contributed by atoms with Gasteiger partial charge in [0.15, 0.2) is 17.8 Å². The Labute approximate surface area is 152 Å². The third kappa shape index (κ3) is 6.08. The number of ether oxygens (including phenoxy) is 5. The van der Waals surface area contributed by atoms with Gasteiger partial charge in [0.1, 0.15) is 0 Å². The summed E-state index contributed by atoms with van der Waals surface area (Å²) in [6.45, 7) is 0.401. The van der Waals surface area contributed by atoms with Crippen LogP contribution in [0.5, 0.6) is 17.2 Å². The monoisotopic (exact) mass is 370 g/mol. The van der Waals surface area contributed by atoms with Gasteiger partial charge < -0.3 is 34.3 Å². The van der Waals surface area contributed by atoms with Crippen LogP contribution >= 0.6 is 0 Å². The fourth-order valence-corrected chi connectivity index (χ4v) is 2.15. The lowest BCUT2D eigenvalue weighted by Crippen LogP contribution is -2.36. The second-order valence-corrected chi connectivity index (χ2v) is 5.12. The van der Waals surface area contributed by atoms with Gasteiger partial charge in [0, 0.05) is 32.7 Å². The molecule has 146 valence electrons. The van der Waals surface area contributed by atoms with Crippen molar-refractivity contribution in [3.63, 3.8) is 0 Å². The van der Waals surface area contributed by atoms with E-state index in [9.17, 15) is 9.59 Å². The van der Waals surface area contributed by atoms with E-state index in [0.717, 1.165) is 0 Å². The predicted molar refractivity (Wildman–Crippen MR) is 93.9 cm³/mol. The zero-order valence-electron chi connectivity index (χ0n) is 15.7. The predicted octanol–water partition coefficient (Wildman–Crippen LogP) is 0.567. The number of methoxy groups -OCH3 is 5. The fourth-order valence-electron chi connectivity index (χ4n) is 2.15. The van der Waals surface area contributed by atoms with Crippen LogP contribution in [0.1, 0.15) is 16.8 Å². The molecule has 1 aromatic carbocycles. The first-order chi connectivity index (χ1) is 12.5. The van der Waals surface area contributed by atoms with Crippen LogP contribution in [-0.2, 0) is 14.3 Å². The first kappa shape index (κ1) is 21.5. The van der Waals surface area contributed by atoms with Gasteiger partial charge in [-0.2, -0.15) is 0 Å². The number of nitrogens with one attached hydrogen (secondary N) is 2. The van der Waals surface area contributed by atoms with Gasteiger partial charge in [-0.15, -0.1) is 0 Å². The zero-order valence-corrected chi connectivity index (χ0v) is 15.7. The molecule has 9 nitrogen and oxygen atoms in total. The van der Waals surface area contributed by atoms with Crippen LogP contribution in [0.15, 0.2) is 12.1 Å². The topological polar surface area (TPSA) is 104 Å². The van der Waals surface area contributed by atoms with Crippen LogP contribution in [0, 0.1) is 0 Å². The molecule has 26 heavy (non-hydrogen) atoms. The summed E-state index contributed by atoms with van der Waals surface area (Å²) < 4.78 is 25.6. The Bertz CT molecular complexity index is 578. The Morgan fingerprint density at radius 1 is 0.923 bits per heavy atom. The number of rotatable bonds is 11. The number of hydrogen-bond acceptors (Lipinski definition) is 7. The molecule has 0 atom stereocenters. The molecule has 1 aromatic rings. The Morgan fingerprint density at radius 3 is 1.96 bits per heavy atom. The van der Waals surface area contributed by atoms with Crippen molar-refractivity contribution in [1.82, 2.24) is 10.6 Å². The second kappa shape index (κ2) is 11.2. The molecule has 0 aliphatic carbocycles. The summed E-state index contributed by atoms with van der Waals surface area (Å²) in [4.78, 5) is 24.0. The van der Waals surface area contributed by atoms with Crippen molar-refractivity contribution in [3.8, 4) is 17.2 Å². The minimum atomic E-state index is -0.507. The van der Waals surface area contributed by atoms with Crippen LogP contribution in [0.3, 0.4) is 0 Å². The lowest BCUT2D eigenvalue weighted by atomic mass is 10.1. The highest BCUT2D eigenvalue weighted by atomic mass is 16.7. The highest BCUT2D eigenvalue weighted by molar-refractivity contribution is 5.95. The molecule has 2 N–H and O–H groups in total. The van der Waals surface area contributed by atoms with Gasteiger partial charge in [-0.1, -0.05) is 0 Å². The molecule has 2 amide bonds. The standard InChI is InChI=1S/C17H26N2O7/c1-22-12-8-11(9-13(23-2)16(12)26-5)17(21)18-7-6-14(20)19-10-15(24-3)25-4/h8-9,15H,6-7,10H2,1-5H3,(H,18,21)(H,19,20). The van der Waals surface area contributed by atoms with Crippen molar-refractivity contribution < 1.29 is 33.3 Å². The van der Waals surface area contributed by atoms with Crippen molar-refractivity contribution in [2.24, 2.45) is 0 Å². The van der Waals surface area contributed by atoms with E-state index in [1.165, 1.54) is 35.5 Å². The summed E-state index contributed by atoms with van der Waals surface area (Å²) in [5.41, 5.74) is 0.332. The maximum absolute atomic E-state index is 12.3. The lowest BCUT2D eigenvalue weighted by Gasteiger charge is -2.15. The van der Waals surface area contributed by atoms with E-state index >= 15 is 0 Å². The van der Waals surface area contributed by atoms with E-state index in [2.05, 4.69) is 10.6 Å². The van der Waals surface area contributed by atoms with Gasteiger partial charge >= 0.3 is 0 Å². The van der Waals surface area contributed by atoms with Gasteiger partial charge in [-0.05, 0) is 12.1 Å². The van der Waals surface area contributed by atoms with Crippen LogP contribution in [-0.4, -0.2) is 66.7 Å². The normalized spacial score (nSPS) is 10.4. The Balaban J connectivity index is 2.59. The van der Waals surface area contributed by atoms with Crippen LogP contribution in [0.25, 0.3) is 0 Å². The number of benzene rings is 1. The zero-order chi connectivity index (χ0) is 19.5. The Kier molecular flexibility index (Phi) is 9.24. The molecule has 0 aromatic heterocycles. The maximum atomic E-state index is 12.3. The van der Waals surface area contributed by atoms with Crippen LogP contribution < -0.4 is 24.8 Å². The summed E-state index contributed by atoms with van der Waals surface area (Å²) in [7, 11) is 7.39. The third-order valence-electron chi connectivity index (χ3n) is 3.56. The molecule has 0 bridgehead atoms. The summed E-state index contributed by atoms with van der Waals surface area (Å²) in [6, 6.07) is 3.08. The summed E-state index contributed by atoms with van der Waals surface area (Å²) in [6.07, 6.45) is -0.385. The maximum Gasteiger partial charge on any atom is 0.251 e. The second-order valence-electron chi connectivity index (χ2n) is 5.12. The average molecular weight is 370 g/mol. The van der Waals surface area contributed by atoms with Crippen molar-refractivity contribution in [1.29, 1.82) is 0 Å². The van der Waals surface area contributed by atoms with Gasteiger partial charge in [0.2, 0.25) is 11.7 Å². The largest absolute Gasteiger partial charge is 0.493 e. The Morgan fingerprint density at radius 2 is 1.50 bits per heavy atom. The fraction of sp³-hybridized carbons (Fsp3) is 0.529. The van der Waals surface area contributed by atoms with Crippen molar-refractivity contribution in [2.75, 3.05) is 48.6 Å². The number of carbonyl (C=O) groups excluding carboxylic acids is 2. The first-order valence-electron chi connectivity index (χ1n) is 7.91. The van der Waals surface area contributed by atoms with Crippen molar-refractivity contribution in [2.45, 2.75) is 12.7 Å². The molecule has 0 radical (unpaired) electrons.